The number of aliphatic hydroxyl groups is 1. The SMILES string of the molecule is CC(C)NC1(C(O)COc2ccc(N(CCC3C4CCCC43)C(N)=O)cc2)OC(=O)C=CC(=O)O1. The first-order chi connectivity index (χ1) is 16.7. The van der Waals surface area contributed by atoms with Crippen LogP contribution in [-0.4, -0.2) is 54.3 Å². The van der Waals surface area contributed by atoms with Crippen molar-refractivity contribution in [3.05, 3.63) is 36.4 Å². The van der Waals surface area contributed by atoms with E-state index in [1.807, 2.05) is 0 Å². The van der Waals surface area contributed by atoms with Gasteiger partial charge in [0.25, 0.3) is 0 Å². The molecule has 35 heavy (non-hydrogen) atoms. The van der Waals surface area contributed by atoms with Crippen LogP contribution < -0.4 is 20.7 Å². The van der Waals surface area contributed by atoms with Crippen molar-refractivity contribution in [3.8, 4) is 5.75 Å². The van der Waals surface area contributed by atoms with Crippen molar-refractivity contribution >= 4 is 23.7 Å². The minimum absolute atomic E-state index is 0.294. The number of nitrogens with zero attached hydrogens (tertiary/aromatic N) is 1. The summed E-state index contributed by atoms with van der Waals surface area (Å²) in [7, 11) is 0. The van der Waals surface area contributed by atoms with E-state index in [0.717, 1.165) is 30.4 Å². The summed E-state index contributed by atoms with van der Waals surface area (Å²) in [5.41, 5.74) is 6.29. The van der Waals surface area contributed by atoms with Crippen LogP contribution in [0.4, 0.5) is 10.5 Å². The Morgan fingerprint density at radius 3 is 2.31 bits per heavy atom. The number of hydrogen-bond donors (Lipinski definition) is 3. The molecule has 3 unspecified atom stereocenters. The van der Waals surface area contributed by atoms with Crippen LogP contribution in [0.3, 0.4) is 0 Å². The Kier molecular flexibility index (Phi) is 7.32. The molecule has 190 valence electrons. The third-order valence-electron chi connectivity index (χ3n) is 6.88. The summed E-state index contributed by atoms with van der Waals surface area (Å²) in [4.78, 5) is 37.5. The number of amides is 2. The molecule has 0 spiro atoms. The number of cyclic esters (lactones) is 2. The molecular weight excluding hydrogens is 454 g/mol. The second-order valence-corrected chi connectivity index (χ2v) is 9.66. The van der Waals surface area contributed by atoms with E-state index in [9.17, 15) is 19.5 Å². The number of carbonyl (C=O) groups is 3. The zero-order valence-corrected chi connectivity index (χ0v) is 20.0. The van der Waals surface area contributed by atoms with Gasteiger partial charge in [-0.25, -0.2) is 19.7 Å². The van der Waals surface area contributed by atoms with Gasteiger partial charge in [0.05, 0.1) is 0 Å². The summed E-state index contributed by atoms with van der Waals surface area (Å²) in [6.07, 6.45) is 5.19. The summed E-state index contributed by atoms with van der Waals surface area (Å²) in [5, 5.41) is 13.6. The molecule has 10 heteroatoms. The van der Waals surface area contributed by atoms with E-state index in [0.29, 0.717) is 23.9 Å². The number of carbonyl (C=O) groups excluding carboxylic acids is 3. The normalized spacial score (nSPS) is 25.3. The average molecular weight is 488 g/mol. The van der Waals surface area contributed by atoms with E-state index < -0.39 is 30.0 Å². The number of urea groups is 1. The third kappa shape index (κ3) is 5.76. The molecule has 3 aliphatic rings. The van der Waals surface area contributed by atoms with E-state index in [1.54, 1.807) is 43.0 Å². The highest BCUT2D eigenvalue weighted by Crippen LogP contribution is 2.59. The molecule has 2 aliphatic carbocycles. The lowest BCUT2D eigenvalue weighted by atomic mass is 10.1. The minimum atomic E-state index is -2.10. The fourth-order valence-electron chi connectivity index (χ4n) is 5.27. The lowest BCUT2D eigenvalue weighted by Gasteiger charge is -2.36. The zero-order chi connectivity index (χ0) is 25.2. The topological polar surface area (TPSA) is 140 Å². The van der Waals surface area contributed by atoms with E-state index in [4.69, 9.17) is 19.9 Å². The molecule has 1 aromatic carbocycles. The Balaban J connectivity index is 1.36. The first kappa shape index (κ1) is 25.0. The lowest BCUT2D eigenvalue weighted by Crippen LogP contribution is -2.63. The fraction of sp³-hybridized carbons (Fsp3) is 0.560. The van der Waals surface area contributed by atoms with Crippen LogP contribution in [0.1, 0.15) is 39.5 Å². The van der Waals surface area contributed by atoms with Crippen LogP contribution in [-0.2, 0) is 19.1 Å². The van der Waals surface area contributed by atoms with Crippen LogP contribution in [0.2, 0.25) is 0 Å². The Bertz CT molecular complexity index is 948. The molecule has 0 saturated heterocycles. The van der Waals surface area contributed by atoms with Crippen LogP contribution >= 0.6 is 0 Å². The maximum absolute atomic E-state index is 12.0. The number of anilines is 1. The molecule has 4 N–H and O–H groups in total. The van der Waals surface area contributed by atoms with Gasteiger partial charge < -0.3 is 25.1 Å². The minimum Gasteiger partial charge on any atom is -0.491 e. The number of rotatable bonds is 10. The van der Waals surface area contributed by atoms with E-state index in [-0.39, 0.29) is 12.6 Å². The lowest BCUT2D eigenvalue weighted by molar-refractivity contribution is -0.274. The van der Waals surface area contributed by atoms with Crippen molar-refractivity contribution in [3.63, 3.8) is 0 Å². The van der Waals surface area contributed by atoms with E-state index >= 15 is 0 Å². The second kappa shape index (κ2) is 10.2. The Hall–Kier alpha value is -3.11. The number of primary amides is 1. The summed E-state index contributed by atoms with van der Waals surface area (Å²) in [5.74, 6) is -1.04. The molecule has 2 amide bonds. The average Bonchev–Trinajstić information content (AvgIpc) is 3.27. The number of aliphatic hydroxyl groups excluding tert-OH is 1. The molecule has 3 atom stereocenters. The van der Waals surface area contributed by atoms with Gasteiger partial charge in [-0.05, 0) is 75.1 Å². The molecule has 0 aromatic heterocycles. The number of esters is 2. The monoisotopic (exact) mass is 487 g/mol. The van der Waals surface area contributed by atoms with Crippen LogP contribution in [0, 0.1) is 17.8 Å². The first-order valence-electron chi connectivity index (χ1n) is 12.1. The largest absolute Gasteiger partial charge is 0.491 e. The summed E-state index contributed by atoms with van der Waals surface area (Å²) in [6.45, 7) is 3.71. The van der Waals surface area contributed by atoms with Gasteiger partial charge in [0, 0.05) is 30.4 Å². The van der Waals surface area contributed by atoms with Crippen molar-refractivity contribution in [2.24, 2.45) is 23.5 Å². The Morgan fingerprint density at radius 1 is 1.17 bits per heavy atom. The molecule has 4 rings (SSSR count). The number of hydrogen-bond acceptors (Lipinski definition) is 8. The summed E-state index contributed by atoms with van der Waals surface area (Å²) < 4.78 is 16.1. The molecule has 2 fully saturated rings. The van der Waals surface area contributed by atoms with Gasteiger partial charge in [0.1, 0.15) is 12.4 Å². The number of nitrogens with one attached hydrogen (secondary N) is 1. The van der Waals surface area contributed by atoms with Gasteiger partial charge in [-0.1, -0.05) is 6.42 Å². The van der Waals surface area contributed by atoms with Crippen molar-refractivity contribution < 1.29 is 33.7 Å². The van der Waals surface area contributed by atoms with Crippen molar-refractivity contribution in [2.45, 2.75) is 57.6 Å². The predicted octanol–water partition coefficient (Wildman–Crippen LogP) is 2.06. The molecule has 1 aliphatic heterocycles. The predicted molar refractivity (Wildman–Crippen MR) is 126 cm³/mol. The van der Waals surface area contributed by atoms with Crippen molar-refractivity contribution in [1.29, 1.82) is 0 Å². The molecule has 0 radical (unpaired) electrons. The number of ether oxygens (including phenoxy) is 3. The van der Waals surface area contributed by atoms with Gasteiger partial charge in [-0.15, -0.1) is 0 Å². The highest BCUT2D eigenvalue weighted by atomic mass is 16.8. The molecule has 1 aromatic rings. The zero-order valence-electron chi connectivity index (χ0n) is 20.0. The van der Waals surface area contributed by atoms with Crippen molar-refractivity contribution in [2.75, 3.05) is 18.1 Å². The Labute approximate surface area is 204 Å². The van der Waals surface area contributed by atoms with E-state index in [1.165, 1.54) is 19.3 Å². The highest BCUT2D eigenvalue weighted by Gasteiger charge is 2.51. The molecule has 2 saturated carbocycles. The van der Waals surface area contributed by atoms with Gasteiger partial charge in [-0.3, -0.25) is 4.90 Å². The molecule has 1 heterocycles. The fourth-order valence-corrected chi connectivity index (χ4v) is 5.27. The standard InChI is InChI=1S/C25H33N3O7/c1-15(2)27-25(34-22(30)10-11-23(31)35-25)21(29)14-33-17-8-6-16(7-9-17)28(24(26)32)13-12-20-18-4-3-5-19(18)20/h6-11,15,18-21,27,29H,3-5,12-14H2,1-2H3,(H2,26,32). The maximum Gasteiger partial charge on any atom is 0.349 e. The highest BCUT2D eigenvalue weighted by molar-refractivity contribution is 5.93. The Morgan fingerprint density at radius 2 is 1.77 bits per heavy atom. The molecule has 0 bridgehead atoms. The second-order valence-electron chi connectivity index (χ2n) is 9.66. The molecular formula is C25H33N3O7. The van der Waals surface area contributed by atoms with Crippen LogP contribution in [0.15, 0.2) is 36.4 Å². The molecule has 10 nitrogen and oxygen atoms in total. The van der Waals surface area contributed by atoms with E-state index in [2.05, 4.69) is 5.32 Å². The van der Waals surface area contributed by atoms with Gasteiger partial charge in [0.2, 0.25) is 0 Å². The quantitative estimate of drug-likeness (QED) is 0.426. The summed E-state index contributed by atoms with van der Waals surface area (Å²) in [6, 6.07) is 5.94. The van der Waals surface area contributed by atoms with Crippen LogP contribution in [0.5, 0.6) is 5.75 Å². The number of fused-ring (bicyclic) bond motifs is 1. The number of nitrogens with two attached hydrogens (primary N) is 1. The third-order valence-corrected chi connectivity index (χ3v) is 6.88. The maximum atomic E-state index is 12.0. The van der Waals surface area contributed by atoms with Crippen molar-refractivity contribution in [1.82, 2.24) is 5.32 Å². The number of benzene rings is 1. The van der Waals surface area contributed by atoms with Crippen LogP contribution in [0.25, 0.3) is 0 Å². The van der Waals surface area contributed by atoms with Gasteiger partial charge in [-0.2, -0.15) is 0 Å². The smallest absolute Gasteiger partial charge is 0.349 e. The summed E-state index contributed by atoms with van der Waals surface area (Å²) >= 11 is 0. The van der Waals surface area contributed by atoms with Gasteiger partial charge >= 0.3 is 23.9 Å². The van der Waals surface area contributed by atoms with Gasteiger partial charge in [0.15, 0.2) is 6.10 Å². The first-order valence-corrected chi connectivity index (χ1v) is 12.1.